The van der Waals surface area contributed by atoms with Crippen molar-refractivity contribution in [2.75, 3.05) is 20.3 Å². The van der Waals surface area contributed by atoms with Crippen molar-refractivity contribution < 1.29 is 27.4 Å². The number of carbonyl (C=O) groups excluding carboxylic acids is 1. The number of methoxy groups -OCH3 is 1. The van der Waals surface area contributed by atoms with Crippen molar-refractivity contribution in [1.82, 2.24) is 0 Å². The zero-order valence-electron chi connectivity index (χ0n) is 14.4. The van der Waals surface area contributed by atoms with E-state index in [1.54, 1.807) is 24.3 Å². The van der Waals surface area contributed by atoms with Crippen LogP contribution < -0.4 is 4.74 Å². The summed E-state index contributed by atoms with van der Waals surface area (Å²) in [4.78, 5) is 12.4. The molecule has 1 aliphatic rings. The van der Waals surface area contributed by atoms with Crippen LogP contribution in [0.4, 0.5) is 0 Å². The maximum absolute atomic E-state index is 13.2. The summed E-state index contributed by atoms with van der Waals surface area (Å²) in [6.07, 6.45) is 0.147. The van der Waals surface area contributed by atoms with E-state index in [2.05, 4.69) is 0 Å². The molecule has 0 bridgehead atoms. The molecule has 0 aliphatic carbocycles. The second kappa shape index (κ2) is 7.47. The van der Waals surface area contributed by atoms with Crippen molar-refractivity contribution in [2.45, 2.75) is 22.5 Å². The highest BCUT2D eigenvalue weighted by molar-refractivity contribution is 7.93. The quantitative estimate of drug-likeness (QED) is 0.747. The average molecular weight is 376 g/mol. The third kappa shape index (κ3) is 3.32. The van der Waals surface area contributed by atoms with Crippen molar-refractivity contribution in [2.24, 2.45) is 0 Å². The van der Waals surface area contributed by atoms with E-state index in [0.717, 1.165) is 0 Å². The van der Waals surface area contributed by atoms with Crippen molar-refractivity contribution in [3.05, 3.63) is 54.6 Å². The van der Waals surface area contributed by atoms with E-state index in [1.165, 1.54) is 19.2 Å². The molecule has 1 heterocycles. The minimum atomic E-state index is -3.93. The number of hydrogen-bond donors (Lipinski definition) is 0. The molecule has 0 aromatic heterocycles. The molecule has 0 N–H and O–H groups in total. The molecule has 0 atom stereocenters. The van der Waals surface area contributed by atoms with Gasteiger partial charge in [0, 0.05) is 26.1 Å². The van der Waals surface area contributed by atoms with Gasteiger partial charge in [-0.25, -0.2) is 8.42 Å². The number of hydrogen-bond acceptors (Lipinski definition) is 6. The van der Waals surface area contributed by atoms with Crippen LogP contribution in [0, 0.1) is 0 Å². The lowest BCUT2D eigenvalue weighted by Crippen LogP contribution is -2.51. The Labute approximate surface area is 152 Å². The maximum Gasteiger partial charge on any atom is 0.327 e. The first-order valence-electron chi connectivity index (χ1n) is 8.23. The number of carbonyl (C=O) groups is 1. The lowest BCUT2D eigenvalue weighted by atomic mass is 9.99. The number of esters is 1. The van der Waals surface area contributed by atoms with Crippen molar-refractivity contribution in [1.29, 1.82) is 0 Å². The topological polar surface area (TPSA) is 78.9 Å². The van der Waals surface area contributed by atoms with Crippen LogP contribution in [0.5, 0.6) is 11.5 Å². The number of rotatable bonds is 5. The third-order valence-electron chi connectivity index (χ3n) is 4.49. The standard InChI is InChI=1S/C19H20O6S/c1-23-18(20)19(11-13-24-14-12-19)26(21,22)17-9-7-16(8-10-17)25-15-5-3-2-4-6-15/h2-10H,11-14H2,1H3. The Kier molecular flexibility index (Phi) is 5.29. The minimum Gasteiger partial charge on any atom is -0.468 e. The van der Waals surface area contributed by atoms with Crippen LogP contribution in [-0.2, 0) is 24.1 Å². The number of ether oxygens (including phenoxy) is 3. The maximum atomic E-state index is 13.2. The van der Waals surface area contributed by atoms with Gasteiger partial charge in [0.2, 0.25) is 0 Å². The van der Waals surface area contributed by atoms with E-state index in [4.69, 9.17) is 14.2 Å². The summed E-state index contributed by atoms with van der Waals surface area (Å²) in [5.41, 5.74) is 0. The normalized spacial score (nSPS) is 16.7. The Morgan fingerprint density at radius 1 is 0.962 bits per heavy atom. The molecule has 1 fully saturated rings. The van der Waals surface area contributed by atoms with Gasteiger partial charge in [0.05, 0.1) is 12.0 Å². The first kappa shape index (κ1) is 18.4. The molecule has 0 saturated carbocycles. The van der Waals surface area contributed by atoms with Crippen molar-refractivity contribution >= 4 is 15.8 Å². The molecule has 0 radical (unpaired) electrons. The van der Waals surface area contributed by atoms with Gasteiger partial charge >= 0.3 is 5.97 Å². The van der Waals surface area contributed by atoms with E-state index < -0.39 is 20.6 Å². The molecule has 26 heavy (non-hydrogen) atoms. The minimum absolute atomic E-state index is 0.0604. The fourth-order valence-electron chi connectivity index (χ4n) is 3.01. The first-order chi connectivity index (χ1) is 12.5. The van der Waals surface area contributed by atoms with Gasteiger partial charge in [-0.15, -0.1) is 0 Å². The number of benzene rings is 2. The first-order valence-corrected chi connectivity index (χ1v) is 9.72. The largest absolute Gasteiger partial charge is 0.468 e. The Hall–Kier alpha value is -2.38. The summed E-state index contributed by atoms with van der Waals surface area (Å²) < 4.78 is 40.5. The highest BCUT2D eigenvalue weighted by Crippen LogP contribution is 2.36. The molecule has 0 amide bonds. The van der Waals surface area contributed by atoms with Gasteiger partial charge in [-0.3, -0.25) is 4.79 Å². The van der Waals surface area contributed by atoms with E-state index in [-0.39, 0.29) is 31.0 Å². The van der Waals surface area contributed by atoms with E-state index in [9.17, 15) is 13.2 Å². The Bertz CT molecular complexity index is 853. The number of para-hydroxylation sites is 1. The molecule has 0 unspecified atom stereocenters. The van der Waals surface area contributed by atoms with Gasteiger partial charge in [0.25, 0.3) is 0 Å². The zero-order chi connectivity index (χ0) is 18.6. The molecule has 3 rings (SSSR count). The lowest BCUT2D eigenvalue weighted by molar-refractivity contribution is -0.146. The SMILES string of the molecule is COC(=O)C1(S(=O)(=O)c2ccc(Oc3ccccc3)cc2)CCOCC1. The van der Waals surface area contributed by atoms with Gasteiger partial charge in [-0.1, -0.05) is 18.2 Å². The summed E-state index contributed by atoms with van der Waals surface area (Å²) in [5, 5.41) is 0. The molecule has 6 nitrogen and oxygen atoms in total. The molecule has 0 spiro atoms. The van der Waals surface area contributed by atoms with Gasteiger partial charge in [-0.2, -0.15) is 0 Å². The summed E-state index contributed by atoms with van der Waals surface area (Å²) in [5.74, 6) is 0.415. The van der Waals surface area contributed by atoms with Crippen LogP contribution in [-0.4, -0.2) is 39.5 Å². The van der Waals surface area contributed by atoms with Gasteiger partial charge in [0.1, 0.15) is 11.5 Å². The van der Waals surface area contributed by atoms with Crippen LogP contribution in [0.25, 0.3) is 0 Å². The molecule has 1 saturated heterocycles. The van der Waals surface area contributed by atoms with E-state index in [1.807, 2.05) is 18.2 Å². The average Bonchev–Trinajstić information content (AvgIpc) is 2.69. The fraction of sp³-hybridized carbons (Fsp3) is 0.316. The molecular weight excluding hydrogens is 356 g/mol. The molecular formula is C19H20O6S. The Morgan fingerprint density at radius 2 is 1.54 bits per heavy atom. The monoisotopic (exact) mass is 376 g/mol. The summed E-state index contributed by atoms with van der Waals surface area (Å²) in [6.45, 7) is 0.396. The second-order valence-electron chi connectivity index (χ2n) is 5.99. The predicted molar refractivity (Wildman–Crippen MR) is 94.9 cm³/mol. The molecule has 138 valence electrons. The smallest absolute Gasteiger partial charge is 0.327 e. The zero-order valence-corrected chi connectivity index (χ0v) is 15.2. The summed E-state index contributed by atoms with van der Waals surface area (Å²) in [7, 11) is -2.73. The molecule has 2 aromatic carbocycles. The van der Waals surface area contributed by atoms with Crippen LogP contribution in [0.1, 0.15) is 12.8 Å². The van der Waals surface area contributed by atoms with E-state index >= 15 is 0 Å². The number of sulfone groups is 1. The predicted octanol–water partition coefficient (Wildman–Crippen LogP) is 2.97. The Balaban J connectivity index is 1.90. The van der Waals surface area contributed by atoms with Crippen molar-refractivity contribution in [3.63, 3.8) is 0 Å². The highest BCUT2D eigenvalue weighted by atomic mass is 32.2. The third-order valence-corrected chi connectivity index (χ3v) is 6.98. The Morgan fingerprint density at radius 3 is 2.12 bits per heavy atom. The molecule has 2 aromatic rings. The summed E-state index contributed by atoms with van der Waals surface area (Å²) >= 11 is 0. The van der Waals surface area contributed by atoms with Gasteiger partial charge < -0.3 is 14.2 Å². The van der Waals surface area contributed by atoms with Crippen LogP contribution in [0.15, 0.2) is 59.5 Å². The van der Waals surface area contributed by atoms with E-state index in [0.29, 0.717) is 11.5 Å². The fourth-order valence-corrected chi connectivity index (χ4v) is 4.96. The highest BCUT2D eigenvalue weighted by Gasteiger charge is 2.53. The van der Waals surface area contributed by atoms with Gasteiger partial charge in [-0.05, 0) is 36.4 Å². The van der Waals surface area contributed by atoms with Crippen molar-refractivity contribution in [3.8, 4) is 11.5 Å². The van der Waals surface area contributed by atoms with Gasteiger partial charge in [0.15, 0.2) is 14.6 Å². The molecule has 7 heteroatoms. The lowest BCUT2D eigenvalue weighted by Gasteiger charge is -2.33. The molecule has 1 aliphatic heterocycles. The summed E-state index contributed by atoms with van der Waals surface area (Å²) in [6, 6.07) is 15.2. The van der Waals surface area contributed by atoms with Crippen LogP contribution in [0.2, 0.25) is 0 Å². The van der Waals surface area contributed by atoms with Crippen LogP contribution in [0.3, 0.4) is 0 Å². The van der Waals surface area contributed by atoms with Crippen LogP contribution >= 0.6 is 0 Å². The second-order valence-corrected chi connectivity index (χ2v) is 8.25.